The van der Waals surface area contributed by atoms with E-state index in [2.05, 4.69) is 4.98 Å². The van der Waals surface area contributed by atoms with E-state index in [1.807, 2.05) is 0 Å². The number of hydrogen-bond donors (Lipinski definition) is 1. The van der Waals surface area contributed by atoms with Crippen LogP contribution >= 0.6 is 12.2 Å². The van der Waals surface area contributed by atoms with Crippen LogP contribution in [0.1, 0.15) is 18.2 Å². The van der Waals surface area contributed by atoms with Crippen LogP contribution in [0.25, 0.3) is 0 Å². The predicted octanol–water partition coefficient (Wildman–Crippen LogP) is 2.10. The zero-order valence-corrected chi connectivity index (χ0v) is 10.7. The molecule has 0 radical (unpaired) electrons. The van der Waals surface area contributed by atoms with Crippen molar-refractivity contribution >= 4 is 17.2 Å². The number of nitrogens with zero attached hydrogens (tertiary/aromatic N) is 2. The topological polar surface area (TPSA) is 42.2 Å². The van der Waals surface area contributed by atoms with E-state index in [9.17, 15) is 13.2 Å². The largest absolute Gasteiger partial charge is 0.401 e. The molecule has 3 nitrogen and oxygen atoms in total. The summed E-state index contributed by atoms with van der Waals surface area (Å²) in [5.41, 5.74) is 6.48. The van der Waals surface area contributed by atoms with Crippen LogP contribution in [0.2, 0.25) is 0 Å². The molecule has 0 saturated heterocycles. The summed E-state index contributed by atoms with van der Waals surface area (Å²) >= 11 is 4.82. The molecule has 1 aromatic rings. The van der Waals surface area contributed by atoms with E-state index in [1.165, 1.54) is 11.1 Å². The molecule has 0 unspecified atom stereocenters. The summed E-state index contributed by atoms with van der Waals surface area (Å²) in [5.74, 6) is 0. The summed E-state index contributed by atoms with van der Waals surface area (Å²) in [7, 11) is 0. The van der Waals surface area contributed by atoms with Crippen LogP contribution in [0.5, 0.6) is 0 Å². The number of nitrogens with two attached hydrogens (primary N) is 1. The lowest BCUT2D eigenvalue weighted by Gasteiger charge is -2.22. The van der Waals surface area contributed by atoms with Crippen molar-refractivity contribution in [3.8, 4) is 0 Å². The molecule has 7 heteroatoms. The zero-order valence-electron chi connectivity index (χ0n) is 9.87. The maximum atomic E-state index is 12.3. The van der Waals surface area contributed by atoms with E-state index in [0.717, 1.165) is 0 Å². The van der Waals surface area contributed by atoms with Crippen molar-refractivity contribution in [2.45, 2.75) is 19.6 Å². The van der Waals surface area contributed by atoms with Gasteiger partial charge in [-0.1, -0.05) is 25.2 Å². The highest BCUT2D eigenvalue weighted by molar-refractivity contribution is 7.80. The van der Waals surface area contributed by atoms with Gasteiger partial charge < -0.3 is 5.73 Å². The molecule has 0 aliphatic rings. The average molecular weight is 277 g/mol. The first kappa shape index (κ1) is 14.8. The summed E-state index contributed by atoms with van der Waals surface area (Å²) in [6.07, 6.45) is -2.71. The van der Waals surface area contributed by atoms with E-state index >= 15 is 0 Å². The zero-order chi connectivity index (χ0) is 13.8. The van der Waals surface area contributed by atoms with Gasteiger partial charge in [0.05, 0.1) is 6.54 Å². The van der Waals surface area contributed by atoms with Crippen molar-refractivity contribution in [2.24, 2.45) is 5.73 Å². The molecule has 0 amide bonds. The highest BCUT2D eigenvalue weighted by Gasteiger charge is 2.30. The molecule has 100 valence electrons. The Balaban J connectivity index is 2.85. The Morgan fingerprint density at radius 3 is 2.67 bits per heavy atom. The summed E-state index contributed by atoms with van der Waals surface area (Å²) < 4.78 is 37.0. The highest BCUT2D eigenvalue weighted by atomic mass is 32.1. The summed E-state index contributed by atoms with van der Waals surface area (Å²) in [6, 6.07) is 3.33. The number of hydrogen-bond acceptors (Lipinski definition) is 3. The molecule has 0 bridgehead atoms. The Morgan fingerprint density at radius 2 is 2.17 bits per heavy atom. The molecule has 2 N–H and O–H groups in total. The number of halogens is 3. The van der Waals surface area contributed by atoms with Crippen LogP contribution in [0.4, 0.5) is 13.2 Å². The second kappa shape index (κ2) is 6.10. The Labute approximate surface area is 109 Å². The number of thiocarbonyl (C=S) groups is 1. The number of pyridine rings is 1. The average Bonchev–Trinajstić information content (AvgIpc) is 2.26. The van der Waals surface area contributed by atoms with Gasteiger partial charge in [0.25, 0.3) is 0 Å². The van der Waals surface area contributed by atoms with Crippen molar-refractivity contribution in [2.75, 3.05) is 13.1 Å². The molecule has 0 atom stereocenters. The second-order valence-electron chi connectivity index (χ2n) is 3.79. The Bertz CT molecular complexity index is 420. The van der Waals surface area contributed by atoms with Crippen LogP contribution in [0.3, 0.4) is 0 Å². The lowest BCUT2D eigenvalue weighted by atomic mass is 10.1. The number of rotatable bonds is 5. The molecule has 1 aromatic heterocycles. The molecule has 0 aliphatic carbocycles. The SMILES string of the molecule is CCN(Cc1cccnc1C(N)=S)CC(F)(F)F. The van der Waals surface area contributed by atoms with Crippen molar-refractivity contribution in [1.29, 1.82) is 0 Å². The fraction of sp³-hybridized carbons (Fsp3) is 0.455. The first-order valence-corrected chi connectivity index (χ1v) is 5.77. The van der Waals surface area contributed by atoms with Gasteiger partial charge in [0.1, 0.15) is 10.7 Å². The minimum atomic E-state index is -4.22. The van der Waals surface area contributed by atoms with Gasteiger partial charge in [-0.15, -0.1) is 0 Å². The van der Waals surface area contributed by atoms with Crippen LogP contribution < -0.4 is 5.73 Å². The first-order chi connectivity index (χ1) is 8.33. The smallest absolute Gasteiger partial charge is 0.388 e. The lowest BCUT2D eigenvalue weighted by Crippen LogP contribution is -2.34. The Kier molecular flexibility index (Phi) is 5.03. The maximum absolute atomic E-state index is 12.3. The molecule has 0 aliphatic heterocycles. The third-order valence-electron chi connectivity index (χ3n) is 2.37. The molecule has 0 aromatic carbocycles. The van der Waals surface area contributed by atoms with E-state index in [1.54, 1.807) is 19.1 Å². The third kappa shape index (κ3) is 4.58. The van der Waals surface area contributed by atoms with E-state index in [0.29, 0.717) is 11.3 Å². The number of alkyl halides is 3. The van der Waals surface area contributed by atoms with E-state index in [-0.39, 0.29) is 18.1 Å². The van der Waals surface area contributed by atoms with Crippen molar-refractivity contribution in [3.63, 3.8) is 0 Å². The van der Waals surface area contributed by atoms with Gasteiger partial charge in [0.15, 0.2) is 0 Å². The number of aromatic nitrogens is 1. The highest BCUT2D eigenvalue weighted by Crippen LogP contribution is 2.18. The predicted molar refractivity (Wildman–Crippen MR) is 67.1 cm³/mol. The van der Waals surface area contributed by atoms with Crippen LogP contribution in [0.15, 0.2) is 18.3 Å². The molecular formula is C11H14F3N3S. The molecule has 18 heavy (non-hydrogen) atoms. The van der Waals surface area contributed by atoms with E-state index < -0.39 is 12.7 Å². The summed E-state index contributed by atoms with van der Waals surface area (Å²) in [5, 5.41) is 0. The van der Waals surface area contributed by atoms with E-state index in [4.69, 9.17) is 18.0 Å². The monoisotopic (exact) mass is 277 g/mol. The molecular weight excluding hydrogens is 263 g/mol. The van der Waals surface area contributed by atoms with Crippen molar-refractivity contribution in [3.05, 3.63) is 29.6 Å². The minimum Gasteiger partial charge on any atom is -0.388 e. The normalized spacial score (nSPS) is 11.8. The van der Waals surface area contributed by atoms with Gasteiger partial charge in [-0.25, -0.2) is 0 Å². The fourth-order valence-electron chi connectivity index (χ4n) is 1.56. The molecule has 1 heterocycles. The van der Waals surface area contributed by atoms with Gasteiger partial charge in [-0.05, 0) is 18.2 Å². The quantitative estimate of drug-likeness (QED) is 0.837. The standard InChI is InChI=1S/C11H14F3N3S/c1-2-17(7-11(12,13)14)6-8-4-3-5-16-9(8)10(15)18/h3-5H,2,6-7H2,1H3,(H2,15,18). The van der Waals surface area contributed by atoms with Gasteiger partial charge in [0.2, 0.25) is 0 Å². The van der Waals surface area contributed by atoms with Gasteiger partial charge >= 0.3 is 6.18 Å². The minimum absolute atomic E-state index is 0.0914. The van der Waals surface area contributed by atoms with Gasteiger partial charge in [0, 0.05) is 12.7 Å². The Hall–Kier alpha value is -1.21. The van der Waals surface area contributed by atoms with Gasteiger partial charge in [-0.2, -0.15) is 13.2 Å². The van der Waals surface area contributed by atoms with Crippen LogP contribution in [-0.4, -0.2) is 34.1 Å². The van der Waals surface area contributed by atoms with Crippen molar-refractivity contribution in [1.82, 2.24) is 9.88 Å². The molecule has 0 fully saturated rings. The molecule has 0 spiro atoms. The third-order valence-corrected chi connectivity index (χ3v) is 2.56. The lowest BCUT2D eigenvalue weighted by molar-refractivity contribution is -0.146. The first-order valence-electron chi connectivity index (χ1n) is 5.36. The van der Waals surface area contributed by atoms with Crippen LogP contribution in [0, 0.1) is 0 Å². The molecule has 0 saturated carbocycles. The maximum Gasteiger partial charge on any atom is 0.401 e. The van der Waals surface area contributed by atoms with Crippen LogP contribution in [-0.2, 0) is 6.54 Å². The van der Waals surface area contributed by atoms with Gasteiger partial charge in [-0.3, -0.25) is 9.88 Å². The summed E-state index contributed by atoms with van der Waals surface area (Å²) in [4.78, 5) is 5.34. The fourth-order valence-corrected chi connectivity index (χ4v) is 1.75. The Morgan fingerprint density at radius 1 is 1.50 bits per heavy atom. The second-order valence-corrected chi connectivity index (χ2v) is 4.23. The summed E-state index contributed by atoms with van der Waals surface area (Å²) in [6.45, 7) is 1.11. The van der Waals surface area contributed by atoms with Crippen molar-refractivity contribution < 1.29 is 13.2 Å². The molecule has 1 rings (SSSR count).